The molecule has 1 heterocycles. The largest absolute Gasteiger partial charge is 0.469 e. The van der Waals surface area contributed by atoms with Gasteiger partial charge in [-0.15, -0.1) is 0 Å². The third kappa shape index (κ3) is 36.8. The zero-order chi connectivity index (χ0) is 40.2. The van der Waals surface area contributed by atoms with Gasteiger partial charge in [0.2, 0.25) is 0 Å². The predicted octanol–water partition coefficient (Wildman–Crippen LogP) is 13.0. The highest BCUT2D eigenvalue weighted by molar-refractivity contribution is 7.46. The molecule has 0 aromatic heterocycles. The van der Waals surface area contributed by atoms with Crippen LogP contribution in [0.2, 0.25) is 0 Å². The van der Waals surface area contributed by atoms with Gasteiger partial charge in [0.1, 0.15) is 6.61 Å². The van der Waals surface area contributed by atoms with Gasteiger partial charge in [-0.3, -0.25) is 14.1 Å². The first-order chi connectivity index (χ1) is 26.6. The number of rotatable bonds is 41. The Balaban J connectivity index is 2.00. The molecule has 0 saturated carbocycles. The predicted molar refractivity (Wildman–Crippen MR) is 225 cm³/mol. The lowest BCUT2D eigenvalue weighted by Gasteiger charge is -2.18. The van der Waals surface area contributed by atoms with Gasteiger partial charge in [-0.25, -0.2) is 4.57 Å². The Morgan fingerprint density at radius 1 is 0.618 bits per heavy atom. The van der Waals surface area contributed by atoms with Crippen molar-refractivity contribution in [1.29, 1.82) is 0 Å². The SMILES string of the molecule is CCCCCC1OC1C/C=C\CCCCCCCC(=O)O[C@H](COC(=O)CCCCCCCCCCCCCCCCCCCCC(C)C)COP(=O)(O)O. The molecule has 0 aromatic rings. The summed E-state index contributed by atoms with van der Waals surface area (Å²) in [6, 6.07) is 0. The molecule has 0 aromatic carbocycles. The Labute approximate surface area is 337 Å². The molecular formula is C45H85O9P. The highest BCUT2D eigenvalue weighted by Crippen LogP contribution is 2.36. The van der Waals surface area contributed by atoms with Gasteiger partial charge >= 0.3 is 19.8 Å². The van der Waals surface area contributed by atoms with Crippen LogP contribution in [0.3, 0.4) is 0 Å². The minimum atomic E-state index is -4.76. The average molecular weight is 801 g/mol. The number of esters is 2. The molecule has 1 aliphatic rings. The van der Waals surface area contributed by atoms with Gasteiger partial charge in [0.25, 0.3) is 0 Å². The van der Waals surface area contributed by atoms with Gasteiger partial charge < -0.3 is 24.0 Å². The van der Waals surface area contributed by atoms with Crippen molar-refractivity contribution in [3.8, 4) is 0 Å². The molecule has 2 unspecified atom stereocenters. The Kier molecular flexibility index (Phi) is 33.8. The molecular weight excluding hydrogens is 715 g/mol. The summed E-state index contributed by atoms with van der Waals surface area (Å²) in [4.78, 5) is 43.0. The number of allylic oxidation sites excluding steroid dienone is 1. The highest BCUT2D eigenvalue weighted by Gasteiger charge is 2.36. The lowest BCUT2D eigenvalue weighted by molar-refractivity contribution is -0.161. The van der Waals surface area contributed by atoms with Crippen LogP contribution in [0.15, 0.2) is 12.2 Å². The van der Waals surface area contributed by atoms with Crippen molar-refractivity contribution in [1.82, 2.24) is 0 Å². The topological polar surface area (TPSA) is 132 Å². The maximum absolute atomic E-state index is 12.4. The van der Waals surface area contributed by atoms with Crippen LogP contribution in [0.4, 0.5) is 0 Å². The van der Waals surface area contributed by atoms with Crippen molar-refractivity contribution in [3.63, 3.8) is 0 Å². The average Bonchev–Trinajstić information content (AvgIpc) is 3.89. The molecule has 0 bridgehead atoms. The lowest BCUT2D eigenvalue weighted by Crippen LogP contribution is -2.29. The molecule has 0 aliphatic carbocycles. The molecule has 55 heavy (non-hydrogen) atoms. The summed E-state index contributed by atoms with van der Waals surface area (Å²) in [5.74, 6) is -0.0457. The first kappa shape index (κ1) is 51.8. The molecule has 0 spiro atoms. The fourth-order valence-electron chi connectivity index (χ4n) is 7.10. The molecule has 9 nitrogen and oxygen atoms in total. The van der Waals surface area contributed by atoms with E-state index in [1.807, 2.05) is 0 Å². The normalized spacial score (nSPS) is 16.3. The van der Waals surface area contributed by atoms with E-state index >= 15 is 0 Å². The summed E-state index contributed by atoms with van der Waals surface area (Å²) < 4.78 is 32.2. The standard InChI is InChI=1S/C45H85O9P/c1-4-5-28-34-42-43(54-42)35-30-25-21-18-19-23-27-32-37-45(47)53-41(39-52-55(48,49)50)38-51-44(46)36-31-26-22-17-15-13-11-9-7-6-8-10-12-14-16-20-24-29-33-40(2)3/h25,30,40-43H,4-24,26-29,31-39H2,1-3H3,(H2,48,49,50)/b30-25-/t41-,42?,43?/m1/s1. The van der Waals surface area contributed by atoms with Crippen LogP contribution in [-0.4, -0.2) is 53.3 Å². The molecule has 1 aliphatic heterocycles. The van der Waals surface area contributed by atoms with Crippen LogP contribution in [0, 0.1) is 5.92 Å². The second-order valence-electron chi connectivity index (χ2n) is 16.6. The van der Waals surface area contributed by atoms with Crippen LogP contribution in [0.1, 0.15) is 226 Å². The Hall–Kier alpha value is -1.25. The maximum Gasteiger partial charge on any atom is 0.469 e. The molecule has 3 atom stereocenters. The van der Waals surface area contributed by atoms with Crippen LogP contribution in [0.25, 0.3) is 0 Å². The van der Waals surface area contributed by atoms with Gasteiger partial charge in [-0.2, -0.15) is 0 Å². The molecule has 1 fully saturated rings. The molecule has 1 saturated heterocycles. The van der Waals surface area contributed by atoms with Gasteiger partial charge in [0.15, 0.2) is 6.10 Å². The zero-order valence-electron chi connectivity index (χ0n) is 35.7. The number of ether oxygens (including phenoxy) is 3. The fraction of sp³-hybridized carbons (Fsp3) is 0.911. The molecule has 324 valence electrons. The maximum atomic E-state index is 12.4. The van der Waals surface area contributed by atoms with E-state index in [4.69, 9.17) is 24.0 Å². The first-order valence-electron chi connectivity index (χ1n) is 23.0. The summed E-state index contributed by atoms with van der Waals surface area (Å²) in [6.07, 6.45) is 41.1. The van der Waals surface area contributed by atoms with Crippen LogP contribution in [0.5, 0.6) is 0 Å². The number of carbonyl (C=O) groups is 2. The third-order valence-electron chi connectivity index (χ3n) is 10.6. The summed E-state index contributed by atoms with van der Waals surface area (Å²) in [5, 5.41) is 0. The molecule has 0 amide bonds. The van der Waals surface area contributed by atoms with Gasteiger partial charge in [0, 0.05) is 12.8 Å². The number of phosphoric acid groups is 1. The fourth-order valence-corrected chi connectivity index (χ4v) is 7.46. The monoisotopic (exact) mass is 801 g/mol. The molecule has 2 N–H and O–H groups in total. The molecule has 1 rings (SSSR count). The lowest BCUT2D eigenvalue weighted by atomic mass is 10.0. The van der Waals surface area contributed by atoms with E-state index in [0.717, 1.165) is 63.7 Å². The van der Waals surface area contributed by atoms with E-state index in [9.17, 15) is 14.2 Å². The van der Waals surface area contributed by atoms with E-state index in [1.165, 1.54) is 128 Å². The third-order valence-corrected chi connectivity index (χ3v) is 11.1. The summed E-state index contributed by atoms with van der Waals surface area (Å²) in [6.45, 7) is 6.03. The highest BCUT2D eigenvalue weighted by atomic mass is 31.2. The number of hydrogen-bond acceptors (Lipinski definition) is 7. The second kappa shape index (κ2) is 35.9. The number of carbonyl (C=O) groups excluding carboxylic acids is 2. The quantitative estimate of drug-likeness (QED) is 0.0204. The van der Waals surface area contributed by atoms with Crippen molar-refractivity contribution >= 4 is 19.8 Å². The van der Waals surface area contributed by atoms with Gasteiger partial charge in [0.05, 0.1) is 18.8 Å². The number of epoxide rings is 1. The molecule has 10 heteroatoms. The van der Waals surface area contributed by atoms with Crippen LogP contribution >= 0.6 is 7.82 Å². The van der Waals surface area contributed by atoms with E-state index < -0.39 is 32.5 Å². The van der Waals surface area contributed by atoms with E-state index in [-0.39, 0.29) is 19.4 Å². The number of phosphoric ester groups is 1. The summed E-state index contributed by atoms with van der Waals surface area (Å²) in [5.41, 5.74) is 0. The minimum absolute atomic E-state index is 0.195. The smallest absolute Gasteiger partial charge is 0.462 e. The first-order valence-corrected chi connectivity index (χ1v) is 24.5. The zero-order valence-corrected chi connectivity index (χ0v) is 36.6. The number of unbranched alkanes of at least 4 members (excludes halogenated alkanes) is 24. The van der Waals surface area contributed by atoms with Crippen LogP contribution < -0.4 is 0 Å². The van der Waals surface area contributed by atoms with E-state index in [2.05, 4.69) is 37.4 Å². The Morgan fingerprint density at radius 2 is 1.11 bits per heavy atom. The van der Waals surface area contributed by atoms with Crippen molar-refractivity contribution < 1.29 is 42.7 Å². The van der Waals surface area contributed by atoms with Gasteiger partial charge in [-0.05, 0) is 44.4 Å². The number of hydrogen-bond donors (Lipinski definition) is 2. The van der Waals surface area contributed by atoms with Crippen molar-refractivity contribution in [3.05, 3.63) is 12.2 Å². The van der Waals surface area contributed by atoms with Crippen molar-refractivity contribution in [2.45, 2.75) is 245 Å². The Bertz CT molecular complexity index is 981. The van der Waals surface area contributed by atoms with Crippen LogP contribution in [-0.2, 0) is 32.9 Å². The van der Waals surface area contributed by atoms with E-state index in [0.29, 0.717) is 18.6 Å². The molecule has 0 radical (unpaired) electrons. The minimum Gasteiger partial charge on any atom is -0.462 e. The van der Waals surface area contributed by atoms with Crippen molar-refractivity contribution in [2.75, 3.05) is 13.2 Å². The summed E-state index contributed by atoms with van der Waals surface area (Å²) in [7, 11) is -4.76. The summed E-state index contributed by atoms with van der Waals surface area (Å²) >= 11 is 0. The van der Waals surface area contributed by atoms with Gasteiger partial charge in [-0.1, -0.05) is 187 Å². The second-order valence-corrected chi connectivity index (χ2v) is 17.8. The van der Waals surface area contributed by atoms with Crippen molar-refractivity contribution in [2.24, 2.45) is 5.92 Å². The Morgan fingerprint density at radius 3 is 1.62 bits per heavy atom. The van der Waals surface area contributed by atoms with E-state index in [1.54, 1.807) is 0 Å².